The summed E-state index contributed by atoms with van der Waals surface area (Å²) in [7, 11) is 0. The maximum atomic E-state index is 12.4. The van der Waals surface area contributed by atoms with Crippen molar-refractivity contribution in [3.8, 4) is 6.07 Å². The fraction of sp³-hybridized carbons (Fsp3) is 0.158. The Bertz CT molecular complexity index is 712. The highest BCUT2D eigenvalue weighted by molar-refractivity contribution is 6.03. The zero-order valence-electron chi connectivity index (χ0n) is 11.6. The Morgan fingerprint density at radius 1 is 1.10 bits per heavy atom. The quantitative estimate of drug-likeness (QED) is 0.791. The Balaban J connectivity index is 1.78. The average molecular weight is 273 g/mol. The third-order valence-corrected chi connectivity index (χ3v) is 4.03. The first-order valence-corrected chi connectivity index (χ1v) is 7.00. The summed E-state index contributed by atoms with van der Waals surface area (Å²) in [5.74, 6) is -0.0701. The topological polar surface area (TPSA) is 40.9 Å². The zero-order chi connectivity index (χ0) is 14.7. The van der Waals surface area contributed by atoms with Gasteiger partial charge in [-0.25, -0.2) is 0 Å². The van der Waals surface area contributed by atoms with Crippen molar-refractivity contribution in [3.63, 3.8) is 0 Å². The minimum absolute atomic E-state index is 0.0247. The summed E-state index contributed by atoms with van der Waals surface area (Å²) in [5, 5.41) is 9.45. The van der Waals surface area contributed by atoms with Crippen molar-refractivity contribution in [2.45, 2.75) is 12.3 Å². The van der Waals surface area contributed by atoms with Crippen LogP contribution < -0.4 is 0 Å². The minimum Gasteiger partial charge on any atom is -0.293 e. The van der Waals surface area contributed by atoms with Crippen LogP contribution in [0, 0.1) is 16.7 Å². The van der Waals surface area contributed by atoms with E-state index in [1.807, 2.05) is 60.7 Å². The first kappa shape index (κ1) is 13.3. The molecule has 0 radical (unpaired) electrons. The molecule has 2 aromatic rings. The molecule has 2 aromatic carbocycles. The van der Waals surface area contributed by atoms with Crippen LogP contribution in [0.4, 0.5) is 0 Å². The second-order valence-electron chi connectivity index (χ2n) is 5.36. The maximum absolute atomic E-state index is 12.4. The number of allylic oxidation sites excluding steroid dienone is 1. The molecule has 0 saturated heterocycles. The third kappa shape index (κ3) is 2.51. The monoisotopic (exact) mass is 273 g/mol. The molecule has 0 N–H and O–H groups in total. The van der Waals surface area contributed by atoms with Gasteiger partial charge in [-0.2, -0.15) is 5.26 Å². The maximum Gasteiger partial charge on any atom is 0.176 e. The summed E-state index contributed by atoms with van der Waals surface area (Å²) >= 11 is 0. The molecule has 2 nitrogen and oxygen atoms in total. The van der Waals surface area contributed by atoms with Crippen LogP contribution in [0.25, 0.3) is 6.08 Å². The molecule has 1 fully saturated rings. The molecule has 0 bridgehead atoms. The van der Waals surface area contributed by atoms with Crippen LogP contribution in [0.2, 0.25) is 0 Å². The molecule has 1 aliphatic rings. The lowest BCUT2D eigenvalue weighted by Gasteiger charge is -2.04. The Kier molecular flexibility index (Phi) is 3.41. The highest BCUT2D eigenvalue weighted by Gasteiger charge is 2.60. The Morgan fingerprint density at radius 3 is 2.33 bits per heavy atom. The smallest absolute Gasteiger partial charge is 0.176 e. The van der Waals surface area contributed by atoms with Crippen LogP contribution in [-0.2, 0) is 4.79 Å². The van der Waals surface area contributed by atoms with E-state index in [1.165, 1.54) is 0 Å². The number of rotatable bonds is 4. The van der Waals surface area contributed by atoms with E-state index in [-0.39, 0.29) is 11.7 Å². The lowest BCUT2D eigenvalue weighted by molar-refractivity contribution is -0.117. The van der Waals surface area contributed by atoms with E-state index in [1.54, 1.807) is 12.2 Å². The number of benzene rings is 2. The molecule has 1 saturated carbocycles. The molecule has 0 amide bonds. The summed E-state index contributed by atoms with van der Waals surface area (Å²) in [6.45, 7) is 0. The van der Waals surface area contributed by atoms with E-state index < -0.39 is 5.41 Å². The molecule has 0 aromatic heterocycles. The van der Waals surface area contributed by atoms with E-state index in [2.05, 4.69) is 6.07 Å². The molecule has 2 atom stereocenters. The van der Waals surface area contributed by atoms with Crippen LogP contribution in [0.5, 0.6) is 0 Å². The van der Waals surface area contributed by atoms with E-state index in [4.69, 9.17) is 0 Å². The molecule has 102 valence electrons. The molecule has 0 heterocycles. The van der Waals surface area contributed by atoms with Crippen LogP contribution in [0.15, 0.2) is 66.7 Å². The van der Waals surface area contributed by atoms with E-state index in [0.29, 0.717) is 6.42 Å². The van der Waals surface area contributed by atoms with Crippen molar-refractivity contribution in [1.82, 2.24) is 0 Å². The molecular formula is C19H15NO. The molecule has 0 spiro atoms. The molecule has 3 rings (SSSR count). The van der Waals surface area contributed by atoms with E-state index in [9.17, 15) is 10.1 Å². The Hall–Kier alpha value is -2.66. The van der Waals surface area contributed by atoms with Crippen LogP contribution in [0.1, 0.15) is 23.5 Å². The molecule has 2 heteroatoms. The van der Waals surface area contributed by atoms with Gasteiger partial charge in [-0.05, 0) is 23.6 Å². The van der Waals surface area contributed by atoms with Gasteiger partial charge in [0.1, 0.15) is 5.41 Å². The van der Waals surface area contributed by atoms with E-state index in [0.717, 1.165) is 11.1 Å². The highest BCUT2D eigenvalue weighted by atomic mass is 16.1. The normalized spacial score (nSPS) is 23.7. The van der Waals surface area contributed by atoms with Gasteiger partial charge in [-0.1, -0.05) is 66.7 Å². The van der Waals surface area contributed by atoms with Crippen molar-refractivity contribution >= 4 is 11.9 Å². The van der Waals surface area contributed by atoms with Gasteiger partial charge < -0.3 is 0 Å². The summed E-state index contributed by atoms with van der Waals surface area (Å²) in [6, 6.07) is 21.7. The van der Waals surface area contributed by atoms with Gasteiger partial charge >= 0.3 is 0 Å². The molecular weight excluding hydrogens is 258 g/mol. The number of carbonyl (C=O) groups is 1. The lowest BCUT2D eigenvalue weighted by Crippen LogP contribution is -2.13. The number of ketones is 1. The SMILES string of the molecule is N#C[C@@]1(C(=O)/C=C/c2ccccc2)CC1c1ccccc1. The van der Waals surface area contributed by atoms with Crippen molar-refractivity contribution in [2.75, 3.05) is 0 Å². The number of nitrogens with zero attached hydrogens (tertiary/aromatic N) is 1. The van der Waals surface area contributed by atoms with Crippen molar-refractivity contribution in [1.29, 1.82) is 5.26 Å². The largest absolute Gasteiger partial charge is 0.293 e. The summed E-state index contributed by atoms with van der Waals surface area (Å²) < 4.78 is 0. The third-order valence-electron chi connectivity index (χ3n) is 4.03. The van der Waals surface area contributed by atoms with Crippen LogP contribution >= 0.6 is 0 Å². The Labute approximate surface area is 124 Å². The minimum atomic E-state index is -0.868. The van der Waals surface area contributed by atoms with Gasteiger partial charge in [0.15, 0.2) is 5.78 Å². The van der Waals surface area contributed by atoms with Crippen LogP contribution in [-0.4, -0.2) is 5.78 Å². The van der Waals surface area contributed by atoms with Gasteiger partial charge in [-0.15, -0.1) is 0 Å². The van der Waals surface area contributed by atoms with Gasteiger partial charge in [-0.3, -0.25) is 4.79 Å². The average Bonchev–Trinajstić information content (AvgIpc) is 3.31. The van der Waals surface area contributed by atoms with Gasteiger partial charge in [0.25, 0.3) is 0 Å². The van der Waals surface area contributed by atoms with Crippen LogP contribution in [0.3, 0.4) is 0 Å². The fourth-order valence-electron chi connectivity index (χ4n) is 2.69. The van der Waals surface area contributed by atoms with Crippen molar-refractivity contribution < 1.29 is 4.79 Å². The van der Waals surface area contributed by atoms with Gasteiger partial charge in [0.2, 0.25) is 0 Å². The van der Waals surface area contributed by atoms with Crippen molar-refractivity contribution in [3.05, 3.63) is 77.9 Å². The number of hydrogen-bond acceptors (Lipinski definition) is 2. The second-order valence-corrected chi connectivity index (χ2v) is 5.36. The fourth-order valence-corrected chi connectivity index (χ4v) is 2.69. The number of carbonyl (C=O) groups excluding carboxylic acids is 1. The summed E-state index contributed by atoms with van der Waals surface area (Å²) in [6.07, 6.45) is 3.94. The predicted molar refractivity (Wildman–Crippen MR) is 82.3 cm³/mol. The number of nitriles is 1. The summed E-state index contributed by atoms with van der Waals surface area (Å²) in [5.41, 5.74) is 1.17. The Morgan fingerprint density at radius 2 is 1.71 bits per heavy atom. The first-order valence-electron chi connectivity index (χ1n) is 7.00. The van der Waals surface area contributed by atoms with Crippen molar-refractivity contribution in [2.24, 2.45) is 5.41 Å². The van der Waals surface area contributed by atoms with E-state index >= 15 is 0 Å². The highest BCUT2D eigenvalue weighted by Crippen LogP contribution is 2.59. The second kappa shape index (κ2) is 5.38. The van der Waals surface area contributed by atoms with Gasteiger partial charge in [0, 0.05) is 5.92 Å². The summed E-state index contributed by atoms with van der Waals surface area (Å²) in [4.78, 5) is 12.4. The molecule has 21 heavy (non-hydrogen) atoms. The molecule has 0 aliphatic heterocycles. The standard InChI is InChI=1S/C19H15NO/c20-14-19(13-17(19)16-9-5-2-6-10-16)18(21)12-11-15-7-3-1-4-8-15/h1-12,17H,13H2/b12-11+/t17?,19-/m0/s1. The number of hydrogen-bond donors (Lipinski definition) is 0. The molecule has 1 unspecified atom stereocenters. The predicted octanol–water partition coefficient (Wildman–Crippen LogP) is 3.97. The first-order chi connectivity index (χ1) is 10.3. The zero-order valence-corrected chi connectivity index (χ0v) is 11.6. The van der Waals surface area contributed by atoms with Gasteiger partial charge in [0.05, 0.1) is 6.07 Å². The molecule has 1 aliphatic carbocycles. The lowest BCUT2D eigenvalue weighted by atomic mass is 9.95.